The van der Waals surface area contributed by atoms with Crippen LogP contribution in [0.15, 0.2) is 72.9 Å². The fourth-order valence-electron chi connectivity index (χ4n) is 3.78. The molecule has 2 aromatic heterocycles. The molecule has 0 atom stereocenters. The number of rotatable bonds is 8. The summed E-state index contributed by atoms with van der Waals surface area (Å²) in [7, 11) is 0. The van der Waals surface area contributed by atoms with E-state index in [1.807, 2.05) is 60.8 Å². The molecule has 2 aromatic carbocycles. The number of nitrogens with zero attached hydrogens (tertiary/aromatic N) is 3. The summed E-state index contributed by atoms with van der Waals surface area (Å²) in [6, 6.07) is 21.9. The van der Waals surface area contributed by atoms with Crippen LogP contribution in [0, 0.1) is 5.92 Å². The molecule has 1 aliphatic carbocycles. The van der Waals surface area contributed by atoms with Crippen molar-refractivity contribution in [3.8, 4) is 11.1 Å². The number of amides is 2. The minimum atomic E-state index is -0.0149. The van der Waals surface area contributed by atoms with Crippen molar-refractivity contribution in [2.75, 3.05) is 11.9 Å². The summed E-state index contributed by atoms with van der Waals surface area (Å²) in [5.74, 6) is 0.412. The Hall–Kier alpha value is -4.00. The predicted octanol–water partition coefficient (Wildman–Crippen LogP) is 3.65. The van der Waals surface area contributed by atoms with Gasteiger partial charge in [0.05, 0.1) is 6.42 Å². The van der Waals surface area contributed by atoms with Gasteiger partial charge in [-0.25, -0.2) is 4.52 Å². The highest BCUT2D eigenvalue weighted by molar-refractivity contribution is 5.93. The van der Waals surface area contributed by atoms with Crippen molar-refractivity contribution in [2.24, 2.45) is 5.92 Å². The maximum absolute atomic E-state index is 12.3. The van der Waals surface area contributed by atoms with Gasteiger partial charge in [0.15, 0.2) is 5.65 Å². The Balaban J connectivity index is 1.23. The van der Waals surface area contributed by atoms with E-state index >= 15 is 0 Å². The zero-order chi connectivity index (χ0) is 22.6. The van der Waals surface area contributed by atoms with E-state index in [1.165, 1.54) is 5.56 Å². The van der Waals surface area contributed by atoms with Gasteiger partial charge in [-0.1, -0.05) is 54.6 Å². The predicted molar refractivity (Wildman–Crippen MR) is 127 cm³/mol. The number of fused-ring (bicyclic) bond motifs is 1. The third kappa shape index (κ3) is 5.09. The molecule has 4 aromatic rings. The number of nitrogens with one attached hydrogen (secondary N) is 2. The molecule has 0 aliphatic heterocycles. The number of aromatic nitrogens is 3. The summed E-state index contributed by atoms with van der Waals surface area (Å²) in [6.45, 7) is 0.620. The van der Waals surface area contributed by atoms with Crippen LogP contribution < -0.4 is 10.6 Å². The molecule has 7 heteroatoms. The van der Waals surface area contributed by atoms with Gasteiger partial charge in [-0.3, -0.25) is 14.9 Å². The summed E-state index contributed by atoms with van der Waals surface area (Å²) in [5, 5.41) is 10.2. The lowest BCUT2D eigenvalue weighted by molar-refractivity contribution is -0.120. The van der Waals surface area contributed by atoms with Gasteiger partial charge >= 0.3 is 0 Å². The molecule has 33 heavy (non-hydrogen) atoms. The van der Waals surface area contributed by atoms with Crippen molar-refractivity contribution < 1.29 is 9.59 Å². The van der Waals surface area contributed by atoms with Crippen molar-refractivity contribution >= 4 is 23.4 Å². The van der Waals surface area contributed by atoms with Gasteiger partial charge in [-0.05, 0) is 48.1 Å². The first kappa shape index (κ1) is 20.9. The molecule has 1 fully saturated rings. The maximum Gasteiger partial charge on any atom is 0.249 e. The molecule has 0 bridgehead atoms. The number of benzene rings is 2. The maximum atomic E-state index is 12.3. The third-order valence-electron chi connectivity index (χ3n) is 5.75. The normalized spacial score (nSPS) is 13.1. The Bertz CT molecular complexity index is 1280. The van der Waals surface area contributed by atoms with E-state index in [1.54, 1.807) is 4.52 Å². The molecule has 1 aliphatic rings. The van der Waals surface area contributed by atoms with Gasteiger partial charge in [-0.15, -0.1) is 5.10 Å². The Morgan fingerprint density at radius 2 is 1.73 bits per heavy atom. The van der Waals surface area contributed by atoms with Crippen molar-refractivity contribution in [1.29, 1.82) is 0 Å². The summed E-state index contributed by atoms with van der Waals surface area (Å²) >= 11 is 0. The highest BCUT2D eigenvalue weighted by Gasteiger charge is 2.30. The monoisotopic (exact) mass is 439 g/mol. The first-order chi connectivity index (χ1) is 16.2. The van der Waals surface area contributed by atoms with E-state index in [0.29, 0.717) is 24.6 Å². The fourth-order valence-corrected chi connectivity index (χ4v) is 3.78. The first-order valence-electron chi connectivity index (χ1n) is 11.2. The topological polar surface area (TPSA) is 88.4 Å². The molecular weight excluding hydrogens is 414 g/mol. The van der Waals surface area contributed by atoms with Crippen molar-refractivity contribution in [1.82, 2.24) is 19.9 Å². The number of carbonyl (C=O) groups is 2. The van der Waals surface area contributed by atoms with E-state index in [-0.39, 0.29) is 17.7 Å². The van der Waals surface area contributed by atoms with E-state index in [4.69, 9.17) is 0 Å². The van der Waals surface area contributed by atoms with Crippen molar-refractivity contribution in [2.45, 2.75) is 25.7 Å². The van der Waals surface area contributed by atoms with Crippen LogP contribution in [0.25, 0.3) is 16.8 Å². The van der Waals surface area contributed by atoms with Crippen LogP contribution in [0.2, 0.25) is 0 Å². The summed E-state index contributed by atoms with van der Waals surface area (Å²) in [5.41, 5.74) is 4.72. The lowest BCUT2D eigenvalue weighted by Gasteiger charge is -2.07. The van der Waals surface area contributed by atoms with E-state index < -0.39 is 0 Å². The molecule has 0 unspecified atom stereocenters. The molecule has 166 valence electrons. The molecular formula is C26H25N5O2. The second-order valence-corrected chi connectivity index (χ2v) is 8.35. The highest BCUT2D eigenvalue weighted by Crippen LogP contribution is 2.30. The Labute approximate surface area is 191 Å². The van der Waals surface area contributed by atoms with E-state index in [2.05, 4.69) is 32.8 Å². The SMILES string of the molecule is O=C(Cc1ccc(-c2cccn3nc(NC(=O)C4CC4)nc23)cc1)NCCc1ccccc1. The highest BCUT2D eigenvalue weighted by atomic mass is 16.2. The lowest BCUT2D eigenvalue weighted by Crippen LogP contribution is -2.27. The average Bonchev–Trinajstić information content (AvgIpc) is 3.60. The van der Waals surface area contributed by atoms with Crippen LogP contribution >= 0.6 is 0 Å². The summed E-state index contributed by atoms with van der Waals surface area (Å²) in [6.07, 6.45) is 4.83. The van der Waals surface area contributed by atoms with Gasteiger partial charge in [0, 0.05) is 24.2 Å². The van der Waals surface area contributed by atoms with Crippen molar-refractivity contribution in [3.63, 3.8) is 0 Å². The van der Waals surface area contributed by atoms with Gasteiger partial charge in [0.1, 0.15) is 0 Å². The third-order valence-corrected chi connectivity index (χ3v) is 5.75. The molecule has 1 saturated carbocycles. The zero-order valence-corrected chi connectivity index (χ0v) is 18.2. The van der Waals surface area contributed by atoms with Crippen LogP contribution in [0.1, 0.15) is 24.0 Å². The molecule has 2 N–H and O–H groups in total. The van der Waals surface area contributed by atoms with Gasteiger partial charge in [0.2, 0.25) is 17.8 Å². The Morgan fingerprint density at radius 1 is 0.939 bits per heavy atom. The molecule has 2 heterocycles. The standard InChI is InChI=1S/C26H25N5O2/c32-23(27-15-14-18-5-2-1-3-6-18)17-19-8-10-20(11-9-19)22-7-4-16-31-24(22)28-26(30-31)29-25(33)21-12-13-21/h1-11,16,21H,12-15,17H2,(H,27,32)(H,29,30,33). The lowest BCUT2D eigenvalue weighted by atomic mass is 10.0. The molecule has 0 saturated heterocycles. The molecule has 0 spiro atoms. The fraction of sp³-hybridized carbons (Fsp3) is 0.231. The van der Waals surface area contributed by atoms with Crippen LogP contribution in [0.3, 0.4) is 0 Å². The second-order valence-electron chi connectivity index (χ2n) is 8.35. The minimum absolute atomic E-state index is 0.00860. The molecule has 0 radical (unpaired) electrons. The largest absolute Gasteiger partial charge is 0.355 e. The minimum Gasteiger partial charge on any atom is -0.355 e. The first-order valence-corrected chi connectivity index (χ1v) is 11.2. The molecule has 5 rings (SSSR count). The Kier molecular flexibility index (Phi) is 5.85. The van der Waals surface area contributed by atoms with Crippen LogP contribution in [0.4, 0.5) is 5.95 Å². The van der Waals surface area contributed by atoms with Crippen LogP contribution in [-0.4, -0.2) is 33.0 Å². The van der Waals surface area contributed by atoms with Crippen LogP contribution in [0.5, 0.6) is 0 Å². The summed E-state index contributed by atoms with van der Waals surface area (Å²) in [4.78, 5) is 28.9. The number of carbonyl (C=O) groups excluding carboxylic acids is 2. The van der Waals surface area contributed by atoms with Crippen LogP contribution in [-0.2, 0) is 22.4 Å². The van der Waals surface area contributed by atoms with Crippen molar-refractivity contribution in [3.05, 3.63) is 84.1 Å². The number of pyridine rings is 1. The Morgan fingerprint density at radius 3 is 2.48 bits per heavy atom. The zero-order valence-electron chi connectivity index (χ0n) is 18.2. The van der Waals surface area contributed by atoms with E-state index in [9.17, 15) is 9.59 Å². The van der Waals surface area contributed by atoms with Gasteiger partial charge in [0.25, 0.3) is 0 Å². The summed E-state index contributed by atoms with van der Waals surface area (Å²) < 4.78 is 1.67. The van der Waals surface area contributed by atoms with Gasteiger partial charge in [-0.2, -0.15) is 4.98 Å². The van der Waals surface area contributed by atoms with E-state index in [0.717, 1.165) is 36.0 Å². The molecule has 2 amide bonds. The molecule has 7 nitrogen and oxygen atoms in total. The quantitative estimate of drug-likeness (QED) is 0.439. The number of hydrogen-bond acceptors (Lipinski definition) is 4. The second kappa shape index (κ2) is 9.24. The average molecular weight is 440 g/mol. The number of anilines is 1. The smallest absolute Gasteiger partial charge is 0.249 e. The van der Waals surface area contributed by atoms with Gasteiger partial charge < -0.3 is 5.32 Å². The number of hydrogen-bond donors (Lipinski definition) is 2.